The largest absolute Gasteiger partial charge is 0.377 e. The number of hydrogen-bond acceptors (Lipinski definition) is 3. The Bertz CT molecular complexity index is 380. The van der Waals surface area contributed by atoms with E-state index in [1.807, 2.05) is 6.92 Å². The van der Waals surface area contributed by atoms with Crippen LogP contribution in [-0.4, -0.2) is 52.7 Å². The molecule has 2 heterocycles. The van der Waals surface area contributed by atoms with Crippen LogP contribution in [0, 0.1) is 6.92 Å². The van der Waals surface area contributed by atoms with E-state index in [2.05, 4.69) is 10.2 Å². The monoisotopic (exact) mass is 243 g/mol. The van der Waals surface area contributed by atoms with Gasteiger partial charge in [-0.1, -0.05) is 0 Å². The average molecular weight is 244 g/mol. The van der Waals surface area contributed by atoms with Gasteiger partial charge in [-0.05, 0) is 6.92 Å². The highest BCUT2D eigenvalue weighted by Crippen LogP contribution is 2.14. The summed E-state index contributed by atoms with van der Waals surface area (Å²) < 4.78 is 5.30. The number of carbonyl (C=O) groups is 1. The highest BCUT2D eigenvalue weighted by molar-refractivity contribution is 6.18. The molecule has 88 valence electrons. The van der Waals surface area contributed by atoms with E-state index >= 15 is 0 Å². The lowest BCUT2D eigenvalue weighted by atomic mass is 10.2. The number of alkyl halides is 1. The smallest absolute Gasteiger partial charge is 0.257 e. The molecule has 6 heteroatoms. The Labute approximate surface area is 98.7 Å². The third-order valence-electron chi connectivity index (χ3n) is 2.73. The Kier molecular flexibility index (Phi) is 3.46. The summed E-state index contributed by atoms with van der Waals surface area (Å²) in [4.78, 5) is 14.0. The maximum atomic E-state index is 12.2. The normalized spacial score (nSPS) is 21.1. The van der Waals surface area contributed by atoms with Gasteiger partial charge in [-0.15, -0.1) is 11.6 Å². The molecule has 1 unspecified atom stereocenters. The van der Waals surface area contributed by atoms with Crippen molar-refractivity contribution >= 4 is 17.5 Å². The summed E-state index contributed by atoms with van der Waals surface area (Å²) in [6.07, 6.45) is 1.55. The number of nitrogens with one attached hydrogen (secondary N) is 1. The van der Waals surface area contributed by atoms with Gasteiger partial charge in [-0.2, -0.15) is 5.10 Å². The first-order valence-corrected chi connectivity index (χ1v) is 5.72. The summed E-state index contributed by atoms with van der Waals surface area (Å²) in [5, 5.41) is 6.61. The Morgan fingerprint density at radius 1 is 1.81 bits per heavy atom. The van der Waals surface area contributed by atoms with Crippen molar-refractivity contribution < 1.29 is 9.53 Å². The highest BCUT2D eigenvalue weighted by Gasteiger charge is 2.28. The van der Waals surface area contributed by atoms with Crippen LogP contribution < -0.4 is 0 Å². The molecule has 5 nitrogen and oxygen atoms in total. The maximum absolute atomic E-state index is 12.2. The van der Waals surface area contributed by atoms with E-state index in [1.165, 1.54) is 0 Å². The van der Waals surface area contributed by atoms with Crippen LogP contribution in [0.2, 0.25) is 0 Å². The van der Waals surface area contributed by atoms with Crippen molar-refractivity contribution in [2.75, 3.05) is 25.6 Å². The maximum Gasteiger partial charge on any atom is 0.257 e. The minimum atomic E-state index is -0.0442. The van der Waals surface area contributed by atoms with E-state index in [9.17, 15) is 4.79 Å². The molecule has 1 aliphatic rings. The number of aryl methyl sites for hydroxylation is 1. The Morgan fingerprint density at radius 3 is 3.25 bits per heavy atom. The summed E-state index contributed by atoms with van der Waals surface area (Å²) >= 11 is 5.82. The summed E-state index contributed by atoms with van der Waals surface area (Å²) in [7, 11) is 0. The molecule has 0 radical (unpaired) electrons. The molecule has 1 N–H and O–H groups in total. The lowest BCUT2D eigenvalue weighted by Crippen LogP contribution is -2.49. The second kappa shape index (κ2) is 4.84. The standard InChI is InChI=1S/C10H14ClN3O2/c1-7-9(5-12-13-7)10(15)14-2-3-16-6-8(14)4-11/h5,8H,2-4,6H2,1H3,(H,12,13). The molecule has 16 heavy (non-hydrogen) atoms. The van der Waals surface area contributed by atoms with Crippen molar-refractivity contribution in [2.24, 2.45) is 0 Å². The van der Waals surface area contributed by atoms with Crippen molar-refractivity contribution in [1.82, 2.24) is 15.1 Å². The van der Waals surface area contributed by atoms with Crippen LogP contribution in [0.3, 0.4) is 0 Å². The van der Waals surface area contributed by atoms with Crippen molar-refractivity contribution in [2.45, 2.75) is 13.0 Å². The average Bonchev–Trinajstić information content (AvgIpc) is 2.74. The van der Waals surface area contributed by atoms with Crippen LogP contribution in [0.1, 0.15) is 16.1 Å². The van der Waals surface area contributed by atoms with Gasteiger partial charge in [0.05, 0.1) is 31.0 Å². The molecule has 1 aromatic rings. The number of aromatic amines is 1. The molecule has 1 amide bonds. The summed E-state index contributed by atoms with van der Waals surface area (Å²) in [6.45, 7) is 3.49. The van der Waals surface area contributed by atoms with Crippen LogP contribution in [0.15, 0.2) is 6.20 Å². The van der Waals surface area contributed by atoms with Gasteiger partial charge >= 0.3 is 0 Å². The van der Waals surface area contributed by atoms with Gasteiger partial charge in [-0.3, -0.25) is 9.89 Å². The number of amides is 1. The van der Waals surface area contributed by atoms with E-state index in [0.29, 0.717) is 31.2 Å². The second-order valence-corrected chi connectivity index (χ2v) is 4.10. The minimum absolute atomic E-state index is 0.0276. The van der Waals surface area contributed by atoms with Crippen molar-refractivity contribution in [3.63, 3.8) is 0 Å². The van der Waals surface area contributed by atoms with E-state index in [1.54, 1.807) is 11.1 Å². The topological polar surface area (TPSA) is 58.2 Å². The SMILES string of the molecule is Cc1[nH]ncc1C(=O)N1CCOCC1CCl. The van der Waals surface area contributed by atoms with Crippen LogP contribution in [0.5, 0.6) is 0 Å². The van der Waals surface area contributed by atoms with Crippen molar-refractivity contribution in [1.29, 1.82) is 0 Å². The molecular weight excluding hydrogens is 230 g/mol. The van der Waals surface area contributed by atoms with Gasteiger partial charge in [-0.25, -0.2) is 0 Å². The minimum Gasteiger partial charge on any atom is -0.377 e. The van der Waals surface area contributed by atoms with Crippen LogP contribution in [0.4, 0.5) is 0 Å². The first kappa shape index (κ1) is 11.4. The molecule has 1 saturated heterocycles. The molecule has 0 aliphatic carbocycles. The fourth-order valence-corrected chi connectivity index (χ4v) is 2.03. The fourth-order valence-electron chi connectivity index (χ4n) is 1.77. The van der Waals surface area contributed by atoms with Crippen LogP contribution in [-0.2, 0) is 4.74 Å². The third-order valence-corrected chi connectivity index (χ3v) is 3.08. The molecule has 0 spiro atoms. The molecule has 2 rings (SSSR count). The number of H-pyrrole nitrogens is 1. The van der Waals surface area contributed by atoms with Crippen LogP contribution >= 0.6 is 11.6 Å². The molecule has 0 bridgehead atoms. The zero-order valence-corrected chi connectivity index (χ0v) is 9.83. The van der Waals surface area contributed by atoms with Gasteiger partial charge in [0.1, 0.15) is 0 Å². The van der Waals surface area contributed by atoms with E-state index in [-0.39, 0.29) is 11.9 Å². The number of nitrogens with zero attached hydrogens (tertiary/aromatic N) is 2. The van der Waals surface area contributed by atoms with E-state index in [0.717, 1.165) is 5.69 Å². The van der Waals surface area contributed by atoms with Crippen molar-refractivity contribution in [3.8, 4) is 0 Å². The summed E-state index contributed by atoms with van der Waals surface area (Å²) in [6, 6.07) is -0.0442. The third kappa shape index (κ3) is 2.05. The molecule has 0 saturated carbocycles. The molecule has 1 atom stereocenters. The molecule has 1 aliphatic heterocycles. The van der Waals surface area contributed by atoms with E-state index < -0.39 is 0 Å². The second-order valence-electron chi connectivity index (χ2n) is 3.79. The predicted molar refractivity (Wildman–Crippen MR) is 59.7 cm³/mol. The molecule has 0 aromatic carbocycles. The number of halogens is 1. The zero-order chi connectivity index (χ0) is 11.5. The van der Waals surface area contributed by atoms with Gasteiger partial charge in [0, 0.05) is 18.1 Å². The Morgan fingerprint density at radius 2 is 2.62 bits per heavy atom. The molecular formula is C10H14ClN3O2. The Hall–Kier alpha value is -1.07. The van der Waals surface area contributed by atoms with Gasteiger partial charge in [0.15, 0.2) is 0 Å². The molecule has 1 fully saturated rings. The van der Waals surface area contributed by atoms with Gasteiger partial charge in [0.25, 0.3) is 5.91 Å². The van der Waals surface area contributed by atoms with Crippen molar-refractivity contribution in [3.05, 3.63) is 17.5 Å². The lowest BCUT2D eigenvalue weighted by molar-refractivity contribution is 0.00452. The summed E-state index contributed by atoms with van der Waals surface area (Å²) in [5.41, 5.74) is 1.39. The number of carbonyl (C=O) groups excluding carboxylic acids is 1. The number of morpholine rings is 1. The number of aromatic nitrogens is 2. The van der Waals surface area contributed by atoms with Gasteiger partial charge in [0.2, 0.25) is 0 Å². The number of ether oxygens (including phenoxy) is 1. The lowest BCUT2D eigenvalue weighted by Gasteiger charge is -2.34. The molecule has 1 aromatic heterocycles. The highest BCUT2D eigenvalue weighted by atomic mass is 35.5. The fraction of sp³-hybridized carbons (Fsp3) is 0.600. The number of rotatable bonds is 2. The first-order chi connectivity index (χ1) is 7.74. The van der Waals surface area contributed by atoms with E-state index in [4.69, 9.17) is 16.3 Å². The predicted octanol–water partition coefficient (Wildman–Crippen LogP) is 0.798. The zero-order valence-electron chi connectivity index (χ0n) is 9.07. The first-order valence-electron chi connectivity index (χ1n) is 5.18. The quantitative estimate of drug-likeness (QED) is 0.782. The van der Waals surface area contributed by atoms with Gasteiger partial charge < -0.3 is 9.64 Å². The Balaban J connectivity index is 2.17. The van der Waals surface area contributed by atoms with Crippen LogP contribution in [0.25, 0.3) is 0 Å². The summed E-state index contributed by atoms with van der Waals surface area (Å²) in [5.74, 6) is 0.364. The number of hydrogen-bond donors (Lipinski definition) is 1.